The Morgan fingerprint density at radius 1 is 1.10 bits per heavy atom. The number of aromatic nitrogens is 2. The van der Waals surface area contributed by atoms with Gasteiger partial charge in [0, 0.05) is 10.9 Å². The number of rotatable bonds is 4. The van der Waals surface area contributed by atoms with Crippen LogP contribution in [0.3, 0.4) is 0 Å². The van der Waals surface area contributed by atoms with E-state index in [2.05, 4.69) is 44.8 Å². The zero-order valence-corrected chi connectivity index (χ0v) is 18.7. The summed E-state index contributed by atoms with van der Waals surface area (Å²) >= 11 is 10.1. The largest absolute Gasteiger partial charge is 0.492 e. The predicted octanol–water partition coefficient (Wildman–Crippen LogP) is 6.96. The molecule has 0 N–H and O–H groups in total. The lowest BCUT2D eigenvalue weighted by Gasteiger charge is -2.26. The van der Waals surface area contributed by atoms with Crippen molar-refractivity contribution >= 4 is 50.2 Å². The van der Waals surface area contributed by atoms with E-state index in [4.69, 9.17) is 26.3 Å². The highest BCUT2D eigenvalue weighted by molar-refractivity contribution is 9.10. The monoisotopic (exact) mass is 479 g/mol. The van der Waals surface area contributed by atoms with Crippen LogP contribution in [-0.2, 0) is 0 Å². The van der Waals surface area contributed by atoms with Gasteiger partial charge in [0.25, 0.3) is 0 Å². The smallest absolute Gasteiger partial charge is 0.231 e. The van der Waals surface area contributed by atoms with Crippen LogP contribution >= 0.6 is 27.5 Å². The molecule has 0 saturated heterocycles. The molecular formula is C24H19BrClN3O. The predicted molar refractivity (Wildman–Crippen MR) is 125 cm³/mol. The summed E-state index contributed by atoms with van der Waals surface area (Å²) in [6, 6.07) is 22.6. The molecule has 0 amide bonds. The number of hydrogen-bond donors (Lipinski definition) is 0. The summed E-state index contributed by atoms with van der Waals surface area (Å²) in [5.74, 6) is 1.41. The van der Waals surface area contributed by atoms with Gasteiger partial charge in [-0.25, -0.2) is 9.98 Å². The quantitative estimate of drug-likeness (QED) is 0.316. The van der Waals surface area contributed by atoms with Gasteiger partial charge in [-0.15, -0.1) is 0 Å². The molecule has 6 heteroatoms. The number of hydrogen-bond acceptors (Lipinski definition) is 3. The number of aliphatic imine (C=N–C) groups is 1. The first-order valence-corrected chi connectivity index (χ1v) is 11.0. The second kappa shape index (κ2) is 7.89. The van der Waals surface area contributed by atoms with Crippen LogP contribution in [0.5, 0.6) is 5.75 Å². The Labute approximate surface area is 188 Å². The number of benzene rings is 3. The molecule has 0 fully saturated rings. The van der Waals surface area contributed by atoms with Crippen molar-refractivity contribution in [2.75, 3.05) is 6.61 Å². The number of halogens is 2. The molecule has 5 rings (SSSR count). The molecule has 1 aromatic heterocycles. The summed E-state index contributed by atoms with van der Waals surface area (Å²) < 4.78 is 8.87. The summed E-state index contributed by atoms with van der Waals surface area (Å²) in [6.07, 6.45) is 0.744. The van der Waals surface area contributed by atoms with E-state index in [1.165, 1.54) is 5.56 Å². The highest BCUT2D eigenvalue weighted by atomic mass is 79.9. The fraction of sp³-hybridized carbons (Fsp3) is 0.167. The molecule has 4 nitrogen and oxygen atoms in total. The van der Waals surface area contributed by atoms with E-state index in [1.54, 1.807) is 0 Å². The van der Waals surface area contributed by atoms with E-state index in [9.17, 15) is 0 Å². The van der Waals surface area contributed by atoms with E-state index < -0.39 is 0 Å². The molecule has 0 aliphatic carbocycles. The summed E-state index contributed by atoms with van der Waals surface area (Å²) in [7, 11) is 0. The van der Waals surface area contributed by atoms with Gasteiger partial charge in [0.1, 0.15) is 5.75 Å². The maximum atomic E-state index is 6.46. The summed E-state index contributed by atoms with van der Waals surface area (Å²) in [5.41, 5.74) is 5.19. The lowest BCUT2D eigenvalue weighted by molar-refractivity contribution is 0.340. The molecule has 30 heavy (non-hydrogen) atoms. The van der Waals surface area contributed by atoms with Crippen LogP contribution in [0.15, 0.2) is 76.2 Å². The van der Waals surface area contributed by atoms with E-state index in [0.29, 0.717) is 23.3 Å². The van der Waals surface area contributed by atoms with Crippen LogP contribution in [0.2, 0.25) is 5.02 Å². The molecule has 1 aliphatic heterocycles. The first-order valence-electron chi connectivity index (χ1n) is 9.86. The van der Waals surface area contributed by atoms with Crippen LogP contribution < -0.4 is 4.74 Å². The van der Waals surface area contributed by atoms with Gasteiger partial charge < -0.3 is 9.30 Å². The number of imidazole rings is 1. The van der Waals surface area contributed by atoms with Gasteiger partial charge in [-0.3, -0.25) is 0 Å². The maximum absolute atomic E-state index is 6.46. The Balaban J connectivity index is 1.66. The van der Waals surface area contributed by atoms with Crippen molar-refractivity contribution in [1.29, 1.82) is 0 Å². The van der Waals surface area contributed by atoms with Crippen LogP contribution in [0.25, 0.3) is 11.0 Å². The van der Waals surface area contributed by atoms with E-state index in [1.807, 2.05) is 49.4 Å². The summed E-state index contributed by atoms with van der Waals surface area (Å²) in [4.78, 5) is 9.73. The Hall–Kier alpha value is -2.63. The number of ether oxygens (including phenoxy) is 1. The Morgan fingerprint density at radius 2 is 1.97 bits per heavy atom. The van der Waals surface area contributed by atoms with Crippen molar-refractivity contribution in [2.24, 2.45) is 4.99 Å². The Kier molecular flexibility index (Phi) is 5.09. The zero-order valence-electron chi connectivity index (χ0n) is 16.3. The van der Waals surface area contributed by atoms with Gasteiger partial charge in [-0.05, 0) is 60.5 Å². The van der Waals surface area contributed by atoms with Crippen molar-refractivity contribution < 1.29 is 4.74 Å². The Morgan fingerprint density at radius 3 is 2.77 bits per heavy atom. The minimum atomic E-state index is 0.0859. The highest BCUT2D eigenvalue weighted by Gasteiger charge is 2.28. The van der Waals surface area contributed by atoms with E-state index >= 15 is 0 Å². The normalized spacial score (nSPS) is 15.7. The second-order valence-corrected chi connectivity index (χ2v) is 8.51. The van der Waals surface area contributed by atoms with Gasteiger partial charge in [0.2, 0.25) is 5.95 Å². The molecule has 0 bridgehead atoms. The van der Waals surface area contributed by atoms with Gasteiger partial charge in [-0.2, -0.15) is 0 Å². The molecule has 150 valence electrons. The van der Waals surface area contributed by atoms with Gasteiger partial charge in [-0.1, -0.05) is 51.8 Å². The minimum absolute atomic E-state index is 0.0859. The van der Waals surface area contributed by atoms with Gasteiger partial charge in [0.05, 0.1) is 34.4 Å². The minimum Gasteiger partial charge on any atom is -0.492 e. The molecule has 3 aromatic carbocycles. The fourth-order valence-corrected chi connectivity index (χ4v) is 4.63. The Bertz CT molecular complexity index is 1280. The van der Waals surface area contributed by atoms with Crippen molar-refractivity contribution in [2.45, 2.75) is 19.4 Å². The molecule has 0 radical (unpaired) electrons. The SMILES string of the molecule is CCOc1ccc(C2=Nc3nc4ccccc4n3C(c3cccc(Br)c3)C2)cc1Cl. The summed E-state index contributed by atoms with van der Waals surface area (Å²) in [5, 5.41) is 0.593. The average molecular weight is 481 g/mol. The molecule has 1 aliphatic rings. The van der Waals surface area contributed by atoms with Crippen molar-refractivity contribution in [3.8, 4) is 5.75 Å². The van der Waals surface area contributed by atoms with Gasteiger partial charge >= 0.3 is 0 Å². The molecule has 1 atom stereocenters. The third-order valence-electron chi connectivity index (χ3n) is 5.31. The molecule has 0 saturated carbocycles. The molecule has 1 unspecified atom stereocenters. The molecule has 4 aromatic rings. The van der Waals surface area contributed by atoms with Crippen LogP contribution in [0, 0.1) is 0 Å². The topological polar surface area (TPSA) is 39.4 Å². The maximum Gasteiger partial charge on any atom is 0.231 e. The molecule has 0 spiro atoms. The third kappa shape index (κ3) is 3.42. The molecule has 2 heterocycles. The van der Waals surface area contributed by atoms with Crippen molar-refractivity contribution in [3.05, 3.63) is 87.4 Å². The van der Waals surface area contributed by atoms with Crippen molar-refractivity contribution in [3.63, 3.8) is 0 Å². The number of para-hydroxylation sites is 2. The third-order valence-corrected chi connectivity index (χ3v) is 6.10. The average Bonchev–Trinajstić information content (AvgIpc) is 3.13. The first-order chi connectivity index (χ1) is 14.6. The fourth-order valence-electron chi connectivity index (χ4n) is 3.97. The lowest BCUT2D eigenvalue weighted by Crippen LogP contribution is -2.20. The molecular weight excluding hydrogens is 462 g/mol. The first kappa shape index (κ1) is 19.3. The lowest BCUT2D eigenvalue weighted by atomic mass is 9.95. The van der Waals surface area contributed by atoms with Crippen molar-refractivity contribution in [1.82, 2.24) is 9.55 Å². The summed E-state index contributed by atoms with van der Waals surface area (Å²) in [6.45, 7) is 2.53. The van der Waals surface area contributed by atoms with Gasteiger partial charge in [0.15, 0.2) is 0 Å². The highest BCUT2D eigenvalue weighted by Crippen LogP contribution is 2.38. The van der Waals surface area contributed by atoms with Crippen LogP contribution in [0.4, 0.5) is 5.95 Å². The second-order valence-electron chi connectivity index (χ2n) is 7.18. The van der Waals surface area contributed by atoms with Crippen LogP contribution in [0.1, 0.15) is 30.5 Å². The van der Waals surface area contributed by atoms with E-state index in [-0.39, 0.29) is 6.04 Å². The number of fused-ring (bicyclic) bond motifs is 3. The van der Waals surface area contributed by atoms with E-state index in [0.717, 1.165) is 33.2 Å². The van der Waals surface area contributed by atoms with Crippen LogP contribution in [-0.4, -0.2) is 21.9 Å². The zero-order chi connectivity index (χ0) is 20.7. The number of nitrogens with zero attached hydrogens (tertiary/aromatic N) is 3. The standard InChI is InChI=1S/C24H19BrClN3O/c1-2-30-23-11-10-15(13-18(23)26)20-14-22(16-6-5-7-17(25)12-16)29-21-9-4-3-8-19(21)27-24(29)28-20/h3-13,22H,2,14H2,1H3.